The third-order valence-corrected chi connectivity index (χ3v) is 3.69. The van der Waals surface area contributed by atoms with Crippen LogP contribution in [-0.4, -0.2) is 29.9 Å². The van der Waals surface area contributed by atoms with Crippen LogP contribution in [0.4, 0.5) is 0 Å². The fraction of sp³-hybridized carbons (Fsp3) is 0.615. The summed E-state index contributed by atoms with van der Waals surface area (Å²) in [4.78, 5) is 28.7. The minimum absolute atomic E-state index is 0.00380. The molecule has 2 N–H and O–H groups in total. The Morgan fingerprint density at radius 3 is 2.71 bits per heavy atom. The second-order valence-corrected chi connectivity index (χ2v) is 5.35. The van der Waals surface area contributed by atoms with Crippen molar-refractivity contribution in [3.63, 3.8) is 0 Å². The molecule has 2 heterocycles. The molecule has 2 rings (SSSR count). The van der Waals surface area contributed by atoms with Crippen molar-refractivity contribution in [3.05, 3.63) is 27.2 Å². The van der Waals surface area contributed by atoms with Gasteiger partial charge in [-0.25, -0.2) is 15.3 Å². The van der Waals surface area contributed by atoms with Crippen LogP contribution in [0.15, 0.2) is 15.9 Å². The first-order valence-electron chi connectivity index (χ1n) is 6.97. The van der Waals surface area contributed by atoms with E-state index in [0.29, 0.717) is 24.1 Å². The van der Waals surface area contributed by atoms with Gasteiger partial charge in [-0.2, -0.15) is 0 Å². The number of hydrogen-bond acceptors (Lipinski definition) is 5. The van der Waals surface area contributed by atoms with Gasteiger partial charge >= 0.3 is 5.69 Å². The van der Waals surface area contributed by atoms with E-state index in [1.807, 2.05) is 6.92 Å². The number of nitrogens with one attached hydrogen (secondary N) is 1. The lowest BCUT2D eigenvalue weighted by Gasteiger charge is -2.10. The summed E-state index contributed by atoms with van der Waals surface area (Å²) in [6.07, 6.45) is 3.82. The maximum atomic E-state index is 12.4. The zero-order valence-electron chi connectivity index (χ0n) is 12.5. The van der Waals surface area contributed by atoms with Crippen LogP contribution in [0.1, 0.15) is 26.2 Å². The van der Waals surface area contributed by atoms with Crippen LogP contribution in [-0.2, 0) is 20.6 Å². The van der Waals surface area contributed by atoms with Gasteiger partial charge in [-0.3, -0.25) is 13.9 Å². The van der Waals surface area contributed by atoms with Crippen molar-refractivity contribution in [2.75, 3.05) is 0 Å². The van der Waals surface area contributed by atoms with Gasteiger partial charge < -0.3 is 9.77 Å². The lowest BCUT2D eigenvalue weighted by atomic mass is 10.1. The van der Waals surface area contributed by atoms with Gasteiger partial charge in [-0.05, 0) is 19.8 Å². The maximum absolute atomic E-state index is 12.4. The van der Waals surface area contributed by atoms with Crippen molar-refractivity contribution < 1.29 is 5.21 Å². The van der Waals surface area contributed by atoms with Crippen LogP contribution in [0.2, 0.25) is 0 Å². The Morgan fingerprint density at radius 1 is 1.33 bits per heavy atom. The minimum Gasteiger partial charge on any atom is -0.328 e. The predicted molar refractivity (Wildman–Crippen MR) is 78.5 cm³/mol. The number of unbranched alkanes of at least 4 members (excludes halogenated alkanes) is 1. The number of imidazole rings is 1. The number of rotatable bonds is 6. The van der Waals surface area contributed by atoms with Crippen LogP contribution < -0.4 is 16.7 Å². The number of hydrogen-bond donors (Lipinski definition) is 2. The summed E-state index contributed by atoms with van der Waals surface area (Å²) in [5, 5.41) is 8.73. The Hall–Kier alpha value is -1.93. The standard InChI is InChI=1S/C13H21N5O3/c1-9(15-21)6-4-5-7-18-12(19)10-11(14-8-16(10)2)17(3)13(18)20/h8-9,15,21H,4-7H2,1-3H3/t9-/m0/s1. The molecule has 0 unspecified atom stereocenters. The van der Waals surface area contributed by atoms with Crippen molar-refractivity contribution in [1.29, 1.82) is 0 Å². The highest BCUT2D eigenvalue weighted by molar-refractivity contribution is 5.69. The molecule has 8 heteroatoms. The quantitative estimate of drug-likeness (QED) is 0.576. The van der Waals surface area contributed by atoms with E-state index < -0.39 is 0 Å². The van der Waals surface area contributed by atoms with Gasteiger partial charge in [0, 0.05) is 26.7 Å². The summed E-state index contributed by atoms with van der Waals surface area (Å²) < 4.78 is 4.28. The Bertz CT molecular complexity index is 743. The van der Waals surface area contributed by atoms with Crippen LogP contribution in [0.5, 0.6) is 0 Å². The third kappa shape index (κ3) is 2.91. The van der Waals surface area contributed by atoms with E-state index >= 15 is 0 Å². The molecule has 0 fully saturated rings. The number of nitrogens with zero attached hydrogens (tertiary/aromatic N) is 4. The molecule has 0 aliphatic heterocycles. The summed E-state index contributed by atoms with van der Waals surface area (Å²) in [5.41, 5.74) is 2.36. The lowest BCUT2D eigenvalue weighted by molar-refractivity contribution is 0.127. The summed E-state index contributed by atoms with van der Waals surface area (Å²) in [6, 6.07) is 0.00380. The molecule has 8 nitrogen and oxygen atoms in total. The molecule has 0 spiro atoms. The largest absolute Gasteiger partial charge is 0.332 e. The zero-order chi connectivity index (χ0) is 15.6. The summed E-state index contributed by atoms with van der Waals surface area (Å²) in [5.74, 6) is 0. The first-order valence-corrected chi connectivity index (χ1v) is 6.97. The molecule has 0 saturated carbocycles. The molecule has 0 aromatic carbocycles. The van der Waals surface area contributed by atoms with Crippen LogP contribution in [0, 0.1) is 0 Å². The molecule has 0 bridgehead atoms. The topological polar surface area (TPSA) is 94.1 Å². The summed E-state index contributed by atoms with van der Waals surface area (Å²) in [6.45, 7) is 2.23. The van der Waals surface area contributed by atoms with Crippen LogP contribution in [0.3, 0.4) is 0 Å². The molecule has 0 radical (unpaired) electrons. The fourth-order valence-electron chi connectivity index (χ4n) is 2.38. The molecule has 0 aliphatic carbocycles. The fourth-order valence-corrected chi connectivity index (χ4v) is 2.38. The van der Waals surface area contributed by atoms with Crippen molar-refractivity contribution >= 4 is 11.2 Å². The highest BCUT2D eigenvalue weighted by Gasteiger charge is 2.14. The van der Waals surface area contributed by atoms with Crippen molar-refractivity contribution in [2.45, 2.75) is 38.8 Å². The molecular formula is C13H21N5O3. The number of hydroxylamine groups is 1. The van der Waals surface area contributed by atoms with E-state index in [9.17, 15) is 9.59 Å². The van der Waals surface area contributed by atoms with Crippen LogP contribution >= 0.6 is 0 Å². The molecule has 2 aromatic heterocycles. The molecule has 1 atom stereocenters. The lowest BCUT2D eigenvalue weighted by Crippen LogP contribution is -2.39. The minimum atomic E-state index is -0.348. The first-order chi connectivity index (χ1) is 9.97. The third-order valence-electron chi connectivity index (χ3n) is 3.69. The zero-order valence-corrected chi connectivity index (χ0v) is 12.5. The normalized spacial score (nSPS) is 13.0. The van der Waals surface area contributed by atoms with Gasteiger partial charge in [0.1, 0.15) is 0 Å². The second kappa shape index (κ2) is 6.23. The van der Waals surface area contributed by atoms with E-state index in [2.05, 4.69) is 10.5 Å². The Kier molecular flexibility index (Phi) is 4.59. The molecule has 116 valence electrons. The molecule has 0 aliphatic rings. The predicted octanol–water partition coefficient (Wildman–Crippen LogP) is -0.0287. The van der Waals surface area contributed by atoms with E-state index in [0.717, 1.165) is 12.8 Å². The van der Waals surface area contributed by atoms with Crippen LogP contribution in [0.25, 0.3) is 11.2 Å². The average Bonchev–Trinajstić information content (AvgIpc) is 2.86. The van der Waals surface area contributed by atoms with Gasteiger partial charge in [0.05, 0.1) is 6.33 Å². The Balaban J connectivity index is 2.26. The summed E-state index contributed by atoms with van der Waals surface area (Å²) >= 11 is 0. The number of aromatic nitrogens is 4. The molecule has 2 aromatic rings. The van der Waals surface area contributed by atoms with Gasteiger partial charge in [-0.15, -0.1) is 0 Å². The monoisotopic (exact) mass is 295 g/mol. The molecular weight excluding hydrogens is 274 g/mol. The van der Waals surface area contributed by atoms with Gasteiger partial charge in [0.2, 0.25) is 0 Å². The molecule has 0 amide bonds. The van der Waals surface area contributed by atoms with Crippen molar-refractivity contribution in [1.82, 2.24) is 24.2 Å². The number of aryl methyl sites for hydroxylation is 2. The highest BCUT2D eigenvalue weighted by atomic mass is 16.5. The second-order valence-electron chi connectivity index (χ2n) is 5.35. The van der Waals surface area contributed by atoms with E-state index in [1.165, 1.54) is 15.5 Å². The Labute approximate surface area is 121 Å². The van der Waals surface area contributed by atoms with Crippen molar-refractivity contribution in [2.24, 2.45) is 14.1 Å². The first kappa shape index (κ1) is 15.5. The smallest absolute Gasteiger partial charge is 0.328 e. The van der Waals surface area contributed by atoms with E-state index in [4.69, 9.17) is 5.21 Å². The Morgan fingerprint density at radius 2 is 2.05 bits per heavy atom. The molecule has 21 heavy (non-hydrogen) atoms. The van der Waals surface area contributed by atoms with E-state index in [1.54, 1.807) is 18.7 Å². The number of fused-ring (bicyclic) bond motifs is 1. The highest BCUT2D eigenvalue weighted by Crippen LogP contribution is 2.04. The SMILES string of the molecule is C[C@@H](CCCCn1c(=O)c2c(ncn2C)n(C)c1=O)NO. The van der Waals surface area contributed by atoms with E-state index in [-0.39, 0.29) is 17.3 Å². The van der Waals surface area contributed by atoms with Gasteiger partial charge in [0.25, 0.3) is 5.56 Å². The maximum Gasteiger partial charge on any atom is 0.332 e. The van der Waals surface area contributed by atoms with Crippen molar-refractivity contribution in [3.8, 4) is 0 Å². The van der Waals surface area contributed by atoms with Gasteiger partial charge in [0.15, 0.2) is 11.2 Å². The molecule has 0 saturated heterocycles. The van der Waals surface area contributed by atoms with Gasteiger partial charge in [-0.1, -0.05) is 6.42 Å². The summed E-state index contributed by atoms with van der Waals surface area (Å²) in [7, 11) is 3.35. The average molecular weight is 295 g/mol.